The Balaban J connectivity index is 2.60. The summed E-state index contributed by atoms with van der Waals surface area (Å²) in [5.74, 6) is 1.63. The van der Waals surface area contributed by atoms with Crippen LogP contribution in [0.25, 0.3) is 0 Å². The number of ether oxygens (including phenoxy) is 1. The second-order valence-electron chi connectivity index (χ2n) is 5.16. The third-order valence-electron chi connectivity index (χ3n) is 3.71. The van der Waals surface area contributed by atoms with E-state index in [9.17, 15) is 4.79 Å². The van der Waals surface area contributed by atoms with Gasteiger partial charge in [-0.15, -0.1) is 0 Å². The average molecular weight is 232 g/mol. The molecule has 0 aliphatic heterocycles. The van der Waals surface area contributed by atoms with Crippen LogP contribution in [-0.2, 0) is 6.42 Å². The van der Waals surface area contributed by atoms with E-state index in [1.165, 1.54) is 5.56 Å². The molecule has 1 aromatic carbocycles. The summed E-state index contributed by atoms with van der Waals surface area (Å²) in [7, 11) is 1.67. The molecular weight excluding hydrogens is 212 g/mol. The van der Waals surface area contributed by atoms with E-state index >= 15 is 0 Å². The Morgan fingerprint density at radius 3 is 2.71 bits per heavy atom. The van der Waals surface area contributed by atoms with Crippen LogP contribution < -0.4 is 4.74 Å². The second-order valence-corrected chi connectivity index (χ2v) is 5.16. The van der Waals surface area contributed by atoms with E-state index in [4.69, 9.17) is 4.74 Å². The minimum absolute atomic E-state index is 0.279. The predicted molar refractivity (Wildman–Crippen MR) is 68.9 cm³/mol. The molecule has 1 unspecified atom stereocenters. The average Bonchev–Trinajstić information content (AvgIpc) is 2.38. The molecule has 17 heavy (non-hydrogen) atoms. The molecule has 92 valence electrons. The molecule has 0 bridgehead atoms. The molecule has 2 nitrogen and oxygen atoms in total. The van der Waals surface area contributed by atoms with Gasteiger partial charge in [0, 0.05) is 17.5 Å². The largest absolute Gasteiger partial charge is 0.496 e. The molecule has 0 aromatic heterocycles. The molecule has 0 fully saturated rings. The van der Waals surface area contributed by atoms with E-state index < -0.39 is 0 Å². The molecule has 0 heterocycles. The minimum Gasteiger partial charge on any atom is -0.496 e. The highest BCUT2D eigenvalue weighted by Crippen LogP contribution is 2.33. The molecule has 0 saturated carbocycles. The van der Waals surface area contributed by atoms with Gasteiger partial charge < -0.3 is 4.74 Å². The van der Waals surface area contributed by atoms with Gasteiger partial charge in [0.15, 0.2) is 5.78 Å². The lowest BCUT2D eigenvalue weighted by Crippen LogP contribution is -2.07. The van der Waals surface area contributed by atoms with Crippen molar-refractivity contribution >= 4 is 5.78 Å². The van der Waals surface area contributed by atoms with Crippen LogP contribution in [0.1, 0.15) is 46.8 Å². The summed E-state index contributed by atoms with van der Waals surface area (Å²) in [6.45, 7) is 6.20. The van der Waals surface area contributed by atoms with Gasteiger partial charge in [0.1, 0.15) is 5.75 Å². The fourth-order valence-corrected chi connectivity index (χ4v) is 2.87. The fourth-order valence-electron chi connectivity index (χ4n) is 2.87. The van der Waals surface area contributed by atoms with Crippen LogP contribution in [-0.4, -0.2) is 12.9 Å². The summed E-state index contributed by atoms with van der Waals surface area (Å²) in [5, 5.41) is 0. The Labute approximate surface area is 103 Å². The predicted octanol–water partition coefficient (Wildman–Crippen LogP) is 3.47. The lowest BCUT2D eigenvalue weighted by Gasteiger charge is -2.15. The lowest BCUT2D eigenvalue weighted by molar-refractivity contribution is 0.0966. The first-order valence-corrected chi connectivity index (χ1v) is 6.24. The highest BCUT2D eigenvalue weighted by atomic mass is 16.5. The van der Waals surface area contributed by atoms with Crippen LogP contribution in [0.3, 0.4) is 0 Å². The van der Waals surface area contributed by atoms with E-state index in [0.717, 1.165) is 35.3 Å². The van der Waals surface area contributed by atoms with Crippen molar-refractivity contribution in [1.82, 2.24) is 0 Å². The normalized spacial score (nSPS) is 19.8. The van der Waals surface area contributed by atoms with Crippen molar-refractivity contribution < 1.29 is 9.53 Å². The maximum Gasteiger partial charge on any atom is 0.163 e. The number of aryl methyl sites for hydroxylation is 2. The molecular formula is C15H20O2. The van der Waals surface area contributed by atoms with Gasteiger partial charge in [-0.2, -0.15) is 0 Å². The summed E-state index contributed by atoms with van der Waals surface area (Å²) >= 11 is 0. The Kier molecular flexibility index (Phi) is 3.23. The maximum absolute atomic E-state index is 12.3. The SMILES string of the molecule is COc1c(C)cc2c(c1C)C(=O)CC(C)CC2. The Bertz CT molecular complexity index is 460. The third-order valence-corrected chi connectivity index (χ3v) is 3.71. The number of carbonyl (C=O) groups excluding carboxylic acids is 1. The second kappa shape index (κ2) is 4.52. The van der Waals surface area contributed by atoms with Gasteiger partial charge >= 0.3 is 0 Å². The van der Waals surface area contributed by atoms with Crippen molar-refractivity contribution in [2.45, 2.75) is 40.0 Å². The molecule has 0 N–H and O–H groups in total. The molecule has 1 atom stereocenters. The highest BCUT2D eigenvalue weighted by Gasteiger charge is 2.24. The monoisotopic (exact) mass is 232 g/mol. The molecule has 0 saturated heterocycles. The number of ketones is 1. The van der Waals surface area contributed by atoms with E-state index in [1.807, 2.05) is 13.8 Å². The van der Waals surface area contributed by atoms with Gasteiger partial charge in [0.05, 0.1) is 7.11 Å². The quantitative estimate of drug-likeness (QED) is 0.693. The van der Waals surface area contributed by atoms with Gasteiger partial charge in [-0.25, -0.2) is 0 Å². The Hall–Kier alpha value is -1.31. The van der Waals surface area contributed by atoms with Gasteiger partial charge in [-0.3, -0.25) is 4.79 Å². The van der Waals surface area contributed by atoms with E-state index in [2.05, 4.69) is 13.0 Å². The number of benzene rings is 1. The van der Waals surface area contributed by atoms with Crippen molar-refractivity contribution in [3.8, 4) is 5.75 Å². The number of hydrogen-bond donors (Lipinski definition) is 0. The first-order valence-electron chi connectivity index (χ1n) is 6.24. The van der Waals surface area contributed by atoms with Crippen molar-refractivity contribution in [3.63, 3.8) is 0 Å². The van der Waals surface area contributed by atoms with Gasteiger partial charge in [-0.1, -0.05) is 13.0 Å². The van der Waals surface area contributed by atoms with Crippen molar-refractivity contribution in [2.24, 2.45) is 5.92 Å². The smallest absolute Gasteiger partial charge is 0.163 e. The number of Topliss-reactive ketones (excluding diaryl/α,β-unsaturated/α-hetero) is 1. The number of methoxy groups -OCH3 is 1. The van der Waals surface area contributed by atoms with Gasteiger partial charge in [0.2, 0.25) is 0 Å². The zero-order valence-electron chi connectivity index (χ0n) is 11.1. The summed E-state index contributed by atoms with van der Waals surface area (Å²) in [6.07, 6.45) is 2.78. The lowest BCUT2D eigenvalue weighted by atomic mass is 9.93. The van der Waals surface area contributed by atoms with E-state index in [-0.39, 0.29) is 5.78 Å². The van der Waals surface area contributed by atoms with Crippen molar-refractivity contribution in [2.75, 3.05) is 7.11 Å². The number of hydrogen-bond acceptors (Lipinski definition) is 2. The zero-order chi connectivity index (χ0) is 12.6. The van der Waals surface area contributed by atoms with Crippen LogP contribution >= 0.6 is 0 Å². The minimum atomic E-state index is 0.279. The van der Waals surface area contributed by atoms with Crippen LogP contribution in [0.4, 0.5) is 0 Å². The molecule has 0 spiro atoms. The molecule has 0 radical (unpaired) electrons. The summed E-state index contributed by atoms with van der Waals surface area (Å²) < 4.78 is 5.41. The molecule has 2 heteroatoms. The van der Waals surface area contributed by atoms with Gasteiger partial charge in [0.25, 0.3) is 0 Å². The molecule has 0 amide bonds. The standard InChI is InChI=1S/C15H20O2/c1-9-5-6-12-8-10(2)15(17-4)11(3)14(12)13(16)7-9/h8-9H,5-7H2,1-4H3. The highest BCUT2D eigenvalue weighted by molar-refractivity contribution is 6.00. The number of carbonyl (C=O) groups is 1. The van der Waals surface area contributed by atoms with Crippen LogP contribution in [0, 0.1) is 19.8 Å². The molecule has 1 aromatic rings. The summed E-state index contributed by atoms with van der Waals surface area (Å²) in [5.41, 5.74) is 4.26. The molecule has 1 aliphatic rings. The zero-order valence-corrected chi connectivity index (χ0v) is 11.1. The third kappa shape index (κ3) is 2.08. The van der Waals surface area contributed by atoms with Crippen LogP contribution in [0.5, 0.6) is 5.75 Å². The fraction of sp³-hybridized carbons (Fsp3) is 0.533. The summed E-state index contributed by atoms with van der Waals surface area (Å²) in [6, 6.07) is 2.12. The number of rotatable bonds is 1. The Morgan fingerprint density at radius 1 is 1.35 bits per heavy atom. The topological polar surface area (TPSA) is 26.3 Å². The van der Waals surface area contributed by atoms with Crippen molar-refractivity contribution in [1.29, 1.82) is 0 Å². The number of fused-ring (bicyclic) bond motifs is 1. The maximum atomic E-state index is 12.3. The van der Waals surface area contributed by atoms with Gasteiger partial charge in [-0.05, 0) is 43.7 Å². The molecule has 2 rings (SSSR count). The first kappa shape index (κ1) is 12.2. The summed E-state index contributed by atoms with van der Waals surface area (Å²) in [4.78, 5) is 12.3. The van der Waals surface area contributed by atoms with E-state index in [0.29, 0.717) is 12.3 Å². The van der Waals surface area contributed by atoms with Crippen LogP contribution in [0.15, 0.2) is 6.07 Å². The van der Waals surface area contributed by atoms with E-state index in [1.54, 1.807) is 7.11 Å². The van der Waals surface area contributed by atoms with Crippen molar-refractivity contribution in [3.05, 3.63) is 28.3 Å². The Morgan fingerprint density at radius 2 is 2.06 bits per heavy atom. The first-order chi connectivity index (χ1) is 8.04. The molecule has 1 aliphatic carbocycles. The van der Waals surface area contributed by atoms with Crippen LogP contribution in [0.2, 0.25) is 0 Å².